The first-order valence-corrected chi connectivity index (χ1v) is 10.2. The number of carboxylic acids is 1. The maximum atomic E-state index is 11.9. The van der Waals surface area contributed by atoms with Crippen LogP contribution in [0.4, 0.5) is 5.69 Å². The van der Waals surface area contributed by atoms with Gasteiger partial charge in [-0.25, -0.2) is 4.79 Å². The van der Waals surface area contributed by atoms with E-state index in [1.54, 1.807) is 12.1 Å². The van der Waals surface area contributed by atoms with Gasteiger partial charge < -0.3 is 14.7 Å². The number of fused-ring (bicyclic) bond motifs is 1. The van der Waals surface area contributed by atoms with E-state index in [-0.39, 0.29) is 5.92 Å². The number of nitrogens with zero attached hydrogens (tertiary/aromatic N) is 1. The number of aromatic carboxylic acids is 1. The smallest absolute Gasteiger partial charge is 0.335 e. The second-order valence-corrected chi connectivity index (χ2v) is 7.48. The van der Waals surface area contributed by atoms with Crippen LogP contribution in [0.3, 0.4) is 0 Å². The maximum Gasteiger partial charge on any atom is 0.335 e. The van der Waals surface area contributed by atoms with Crippen molar-refractivity contribution >= 4 is 11.7 Å². The van der Waals surface area contributed by atoms with Crippen LogP contribution in [0.1, 0.15) is 66.9 Å². The van der Waals surface area contributed by atoms with Gasteiger partial charge in [0, 0.05) is 42.7 Å². The van der Waals surface area contributed by atoms with E-state index in [4.69, 9.17) is 4.74 Å². The van der Waals surface area contributed by atoms with Crippen LogP contribution >= 0.6 is 0 Å². The molecule has 2 aliphatic rings. The molecule has 4 heteroatoms. The third kappa shape index (κ3) is 3.17. The first-order chi connectivity index (χ1) is 13.6. The van der Waals surface area contributed by atoms with Gasteiger partial charge in [0.1, 0.15) is 11.5 Å². The third-order valence-electron chi connectivity index (χ3n) is 5.98. The quantitative estimate of drug-likeness (QED) is 0.739. The number of hydrogen-bond donors (Lipinski definition) is 1. The molecular formula is C24H27NO3. The summed E-state index contributed by atoms with van der Waals surface area (Å²) in [7, 11) is 0. The summed E-state index contributed by atoms with van der Waals surface area (Å²) in [5, 5.41) is 9.77. The summed E-state index contributed by atoms with van der Waals surface area (Å²) in [5.74, 6) is 0.995. The normalized spacial score (nSPS) is 18.1. The highest BCUT2D eigenvalue weighted by molar-refractivity contribution is 5.90. The van der Waals surface area contributed by atoms with Gasteiger partial charge >= 0.3 is 5.97 Å². The molecule has 146 valence electrons. The zero-order chi connectivity index (χ0) is 19.7. The van der Waals surface area contributed by atoms with Gasteiger partial charge in [0.2, 0.25) is 0 Å². The second-order valence-electron chi connectivity index (χ2n) is 7.48. The molecule has 0 saturated heterocycles. The molecule has 28 heavy (non-hydrogen) atoms. The van der Waals surface area contributed by atoms with Crippen LogP contribution in [0, 0.1) is 0 Å². The predicted molar refractivity (Wildman–Crippen MR) is 111 cm³/mol. The summed E-state index contributed by atoms with van der Waals surface area (Å²) in [6.07, 6.45) is 4.14. The molecule has 1 heterocycles. The number of ether oxygens (including phenoxy) is 1. The van der Waals surface area contributed by atoms with E-state index in [1.165, 1.54) is 5.57 Å². The topological polar surface area (TPSA) is 49.8 Å². The minimum Gasteiger partial charge on any atom is -0.478 e. The standard InChI is InChI=1S/C24H27NO3/c1-3-25(4-2)16-13-14-20-22(15-16)28-21-12-8-7-11-19(21)23(20)17-9-5-6-10-18(17)24(26)27/h5-6,9-10,13-15,23H,3-4,7-8,11-12H2,1-2H3,(H,26,27). The number of carbonyl (C=O) groups is 1. The van der Waals surface area contributed by atoms with Crippen LogP contribution in [0.15, 0.2) is 53.8 Å². The van der Waals surface area contributed by atoms with Crippen LogP contribution in [0.25, 0.3) is 0 Å². The number of anilines is 1. The number of benzene rings is 2. The van der Waals surface area contributed by atoms with Gasteiger partial charge in [0.15, 0.2) is 0 Å². The van der Waals surface area contributed by atoms with Gasteiger partial charge in [0.05, 0.1) is 5.56 Å². The molecule has 1 N–H and O–H groups in total. The average Bonchev–Trinajstić information content (AvgIpc) is 2.72. The number of rotatable bonds is 5. The highest BCUT2D eigenvalue weighted by atomic mass is 16.5. The molecule has 4 nitrogen and oxygen atoms in total. The fourth-order valence-corrected chi connectivity index (χ4v) is 4.58. The van der Waals surface area contributed by atoms with Gasteiger partial charge in [-0.05, 0) is 56.4 Å². The van der Waals surface area contributed by atoms with E-state index in [2.05, 4.69) is 36.9 Å². The molecule has 0 radical (unpaired) electrons. The van der Waals surface area contributed by atoms with Crippen molar-refractivity contribution in [2.24, 2.45) is 0 Å². The van der Waals surface area contributed by atoms with Crippen molar-refractivity contribution in [2.75, 3.05) is 18.0 Å². The molecule has 1 aliphatic heterocycles. The van der Waals surface area contributed by atoms with Crippen molar-refractivity contribution in [1.82, 2.24) is 0 Å². The largest absolute Gasteiger partial charge is 0.478 e. The Labute approximate surface area is 166 Å². The number of carboxylic acid groups (broad SMARTS) is 1. The first-order valence-electron chi connectivity index (χ1n) is 10.2. The molecule has 2 aromatic rings. The summed E-state index contributed by atoms with van der Waals surface area (Å²) < 4.78 is 6.37. The summed E-state index contributed by atoms with van der Waals surface area (Å²) in [4.78, 5) is 14.2. The number of allylic oxidation sites excluding steroid dienone is 2. The molecule has 1 unspecified atom stereocenters. The molecule has 4 rings (SSSR count). The van der Waals surface area contributed by atoms with Crippen LogP contribution in [-0.4, -0.2) is 24.2 Å². The van der Waals surface area contributed by atoms with Gasteiger partial charge in [-0.15, -0.1) is 0 Å². The lowest BCUT2D eigenvalue weighted by atomic mass is 9.76. The minimum atomic E-state index is -0.874. The van der Waals surface area contributed by atoms with E-state index in [0.29, 0.717) is 5.56 Å². The molecule has 0 amide bonds. The molecule has 1 atom stereocenters. The Balaban J connectivity index is 1.88. The Morgan fingerprint density at radius 1 is 1.07 bits per heavy atom. The predicted octanol–water partition coefficient (Wildman–Crippen LogP) is 5.58. The monoisotopic (exact) mass is 377 g/mol. The van der Waals surface area contributed by atoms with E-state index in [1.807, 2.05) is 12.1 Å². The van der Waals surface area contributed by atoms with Crippen LogP contribution in [0.5, 0.6) is 5.75 Å². The molecular weight excluding hydrogens is 350 g/mol. The fourth-order valence-electron chi connectivity index (χ4n) is 4.58. The van der Waals surface area contributed by atoms with Gasteiger partial charge in [-0.3, -0.25) is 0 Å². The second kappa shape index (κ2) is 7.70. The summed E-state index contributed by atoms with van der Waals surface area (Å²) in [5.41, 5.74) is 4.72. The van der Waals surface area contributed by atoms with E-state index in [9.17, 15) is 9.90 Å². The van der Waals surface area contributed by atoms with Crippen molar-refractivity contribution in [1.29, 1.82) is 0 Å². The van der Waals surface area contributed by atoms with Crippen LogP contribution in [-0.2, 0) is 0 Å². The van der Waals surface area contributed by atoms with Crippen molar-refractivity contribution in [3.05, 3.63) is 70.5 Å². The van der Waals surface area contributed by atoms with Crippen molar-refractivity contribution in [3.8, 4) is 5.75 Å². The van der Waals surface area contributed by atoms with Crippen molar-refractivity contribution in [3.63, 3.8) is 0 Å². The lowest BCUT2D eigenvalue weighted by molar-refractivity contribution is 0.0695. The van der Waals surface area contributed by atoms with Gasteiger partial charge in [-0.1, -0.05) is 24.3 Å². The van der Waals surface area contributed by atoms with Crippen molar-refractivity contribution < 1.29 is 14.6 Å². The summed E-state index contributed by atoms with van der Waals surface area (Å²) >= 11 is 0. The lowest BCUT2D eigenvalue weighted by Gasteiger charge is -2.35. The number of hydrogen-bond acceptors (Lipinski definition) is 3. The molecule has 0 saturated carbocycles. The molecule has 0 spiro atoms. The van der Waals surface area contributed by atoms with Crippen molar-refractivity contribution in [2.45, 2.75) is 45.4 Å². The van der Waals surface area contributed by atoms with Gasteiger partial charge in [-0.2, -0.15) is 0 Å². The highest BCUT2D eigenvalue weighted by Crippen LogP contribution is 2.49. The molecule has 0 aromatic heterocycles. The Hall–Kier alpha value is -2.75. The Kier molecular flexibility index (Phi) is 5.12. The Bertz CT molecular complexity index is 927. The van der Waals surface area contributed by atoms with E-state index in [0.717, 1.165) is 67.1 Å². The van der Waals surface area contributed by atoms with Crippen LogP contribution < -0.4 is 9.64 Å². The molecule has 0 bridgehead atoms. The zero-order valence-electron chi connectivity index (χ0n) is 16.6. The Morgan fingerprint density at radius 3 is 2.57 bits per heavy atom. The lowest BCUT2D eigenvalue weighted by Crippen LogP contribution is -2.24. The molecule has 1 aliphatic carbocycles. The highest BCUT2D eigenvalue weighted by Gasteiger charge is 2.34. The summed E-state index contributed by atoms with van der Waals surface area (Å²) in [6, 6.07) is 13.8. The Morgan fingerprint density at radius 2 is 1.82 bits per heavy atom. The fraction of sp³-hybridized carbons (Fsp3) is 0.375. The third-order valence-corrected chi connectivity index (χ3v) is 5.98. The minimum absolute atomic E-state index is 0.0443. The van der Waals surface area contributed by atoms with Crippen LogP contribution in [0.2, 0.25) is 0 Å². The SMILES string of the molecule is CCN(CC)c1ccc2c(c1)OC1=C(CCCC1)C2c1ccccc1C(=O)O. The van der Waals surface area contributed by atoms with Gasteiger partial charge in [0.25, 0.3) is 0 Å². The van der Waals surface area contributed by atoms with E-state index >= 15 is 0 Å². The molecule has 2 aromatic carbocycles. The van der Waals surface area contributed by atoms with E-state index < -0.39 is 5.97 Å². The average molecular weight is 377 g/mol. The molecule has 0 fully saturated rings. The zero-order valence-corrected chi connectivity index (χ0v) is 16.6. The maximum absolute atomic E-state index is 11.9. The first kappa shape index (κ1) is 18.6. The summed E-state index contributed by atoms with van der Waals surface area (Å²) in [6.45, 7) is 6.18.